The van der Waals surface area contributed by atoms with Gasteiger partial charge in [-0.2, -0.15) is 0 Å². The van der Waals surface area contributed by atoms with Crippen molar-refractivity contribution >= 4 is 34.6 Å². The third kappa shape index (κ3) is 3.92. The molecule has 0 radical (unpaired) electrons. The van der Waals surface area contributed by atoms with Crippen molar-refractivity contribution < 1.29 is 4.74 Å². The number of anilines is 4. The van der Waals surface area contributed by atoms with Gasteiger partial charge in [0, 0.05) is 10.6 Å². The molecule has 0 atom stereocenters. The topological polar surface area (TPSA) is 85.1 Å². The Kier molecular flexibility index (Phi) is 4.61. The first kappa shape index (κ1) is 16.2. The van der Waals surface area contributed by atoms with Crippen molar-refractivity contribution in [3.8, 4) is 5.75 Å². The van der Waals surface area contributed by atoms with Gasteiger partial charge in [-0.05, 0) is 39.0 Å². The molecule has 22 heavy (non-hydrogen) atoms. The molecule has 0 saturated carbocycles. The third-order valence-corrected chi connectivity index (χ3v) is 3.03. The molecule has 1 aromatic heterocycles. The number of ether oxygens (including phenoxy) is 1. The molecule has 0 aliphatic carbocycles. The van der Waals surface area contributed by atoms with Gasteiger partial charge in [0.25, 0.3) is 0 Å². The van der Waals surface area contributed by atoms with Crippen LogP contribution in [0.2, 0.25) is 5.02 Å². The Bertz CT molecular complexity index is 669. The molecule has 0 fully saturated rings. The van der Waals surface area contributed by atoms with Gasteiger partial charge >= 0.3 is 0 Å². The largest absolute Gasteiger partial charge is 0.495 e. The van der Waals surface area contributed by atoms with Crippen molar-refractivity contribution in [1.29, 1.82) is 0 Å². The number of hydrogen-bond acceptors (Lipinski definition) is 6. The van der Waals surface area contributed by atoms with E-state index in [1.807, 2.05) is 20.8 Å². The quantitative estimate of drug-likeness (QED) is 0.796. The first-order chi connectivity index (χ1) is 10.3. The molecule has 0 amide bonds. The summed E-state index contributed by atoms with van der Waals surface area (Å²) < 4.78 is 5.30. The van der Waals surface area contributed by atoms with E-state index in [0.29, 0.717) is 33.8 Å². The zero-order chi connectivity index (χ0) is 16.3. The molecule has 2 rings (SSSR count). The molecule has 2 aromatic rings. The van der Waals surface area contributed by atoms with E-state index < -0.39 is 0 Å². The van der Waals surface area contributed by atoms with Crippen molar-refractivity contribution in [2.45, 2.75) is 26.3 Å². The Morgan fingerprint density at radius 2 is 1.86 bits per heavy atom. The summed E-state index contributed by atoms with van der Waals surface area (Å²) in [6, 6.07) is 5.27. The smallest absolute Gasteiger partial charge is 0.159 e. The summed E-state index contributed by atoms with van der Waals surface area (Å²) in [5.74, 6) is 1.71. The highest BCUT2D eigenvalue weighted by atomic mass is 35.5. The van der Waals surface area contributed by atoms with Crippen LogP contribution in [0.4, 0.5) is 23.0 Å². The predicted molar refractivity (Wildman–Crippen MR) is 91.1 cm³/mol. The number of nitrogens with zero attached hydrogens (tertiary/aromatic N) is 2. The zero-order valence-corrected chi connectivity index (χ0v) is 13.8. The molecule has 0 saturated heterocycles. The molecular formula is C15H20ClN5O. The molecule has 1 aromatic carbocycles. The van der Waals surface area contributed by atoms with E-state index in [0.717, 1.165) is 0 Å². The third-order valence-electron chi connectivity index (χ3n) is 2.79. The number of rotatable bonds is 4. The minimum absolute atomic E-state index is 0.159. The van der Waals surface area contributed by atoms with Crippen molar-refractivity contribution in [3.63, 3.8) is 0 Å². The lowest BCUT2D eigenvalue weighted by Crippen LogP contribution is -2.27. The summed E-state index contributed by atoms with van der Waals surface area (Å²) in [6.45, 7) is 6.09. The average molecular weight is 322 g/mol. The fraction of sp³-hybridized carbons (Fsp3) is 0.333. The Balaban J connectivity index is 2.35. The summed E-state index contributed by atoms with van der Waals surface area (Å²) in [4.78, 5) is 8.36. The van der Waals surface area contributed by atoms with Gasteiger partial charge in [0.2, 0.25) is 0 Å². The number of aromatic nitrogens is 2. The molecular weight excluding hydrogens is 302 g/mol. The number of benzene rings is 1. The van der Waals surface area contributed by atoms with Crippen molar-refractivity contribution in [3.05, 3.63) is 29.5 Å². The van der Waals surface area contributed by atoms with Gasteiger partial charge < -0.3 is 21.1 Å². The van der Waals surface area contributed by atoms with E-state index in [9.17, 15) is 0 Å². The maximum Gasteiger partial charge on any atom is 0.159 e. The summed E-state index contributed by atoms with van der Waals surface area (Å²) in [6.07, 6.45) is 1.45. The van der Waals surface area contributed by atoms with Crippen molar-refractivity contribution in [2.75, 3.05) is 23.5 Å². The van der Waals surface area contributed by atoms with Crippen LogP contribution in [0.3, 0.4) is 0 Å². The summed E-state index contributed by atoms with van der Waals surface area (Å²) in [7, 11) is 1.59. The molecule has 0 spiro atoms. The average Bonchev–Trinajstić information content (AvgIpc) is 2.42. The highest BCUT2D eigenvalue weighted by Crippen LogP contribution is 2.33. The minimum atomic E-state index is -0.159. The standard InChI is InChI=1S/C15H20ClN5O/c1-15(2,3)21-14-12(17)13(18-8-19-14)20-10-7-9(16)5-6-11(10)22-4/h5-8H,17H2,1-4H3,(H2,18,19,20,21). The van der Waals surface area contributed by atoms with Gasteiger partial charge in [-0.3, -0.25) is 0 Å². The maximum absolute atomic E-state index is 6.14. The van der Waals surface area contributed by atoms with E-state index >= 15 is 0 Å². The van der Waals surface area contributed by atoms with Gasteiger partial charge in [0.05, 0.1) is 12.8 Å². The van der Waals surface area contributed by atoms with E-state index in [4.69, 9.17) is 22.1 Å². The van der Waals surface area contributed by atoms with Crippen molar-refractivity contribution in [1.82, 2.24) is 9.97 Å². The van der Waals surface area contributed by atoms with Crippen LogP contribution in [-0.2, 0) is 0 Å². The molecule has 6 nitrogen and oxygen atoms in total. The van der Waals surface area contributed by atoms with E-state index in [1.165, 1.54) is 6.33 Å². The fourth-order valence-corrected chi connectivity index (χ4v) is 2.03. The number of methoxy groups -OCH3 is 1. The Morgan fingerprint density at radius 1 is 1.18 bits per heavy atom. The SMILES string of the molecule is COc1ccc(Cl)cc1Nc1ncnc(NC(C)(C)C)c1N. The van der Waals surface area contributed by atoms with E-state index in [-0.39, 0.29) is 5.54 Å². The van der Waals surface area contributed by atoms with Gasteiger partial charge in [0.15, 0.2) is 11.6 Å². The second kappa shape index (κ2) is 6.27. The van der Waals surface area contributed by atoms with E-state index in [1.54, 1.807) is 25.3 Å². The Hall–Kier alpha value is -2.21. The zero-order valence-electron chi connectivity index (χ0n) is 13.1. The molecule has 0 aliphatic heterocycles. The molecule has 7 heteroatoms. The highest BCUT2D eigenvalue weighted by molar-refractivity contribution is 6.31. The molecule has 4 N–H and O–H groups in total. The second-order valence-electron chi connectivity index (χ2n) is 5.83. The number of nitrogen functional groups attached to an aromatic ring is 1. The fourth-order valence-electron chi connectivity index (χ4n) is 1.86. The summed E-state index contributed by atoms with van der Waals surface area (Å²) in [5.41, 5.74) is 7.10. The normalized spacial score (nSPS) is 11.1. The van der Waals surface area contributed by atoms with Crippen LogP contribution < -0.4 is 21.1 Å². The van der Waals surface area contributed by atoms with Crippen LogP contribution in [0.1, 0.15) is 20.8 Å². The lowest BCUT2D eigenvalue weighted by Gasteiger charge is -2.23. The van der Waals surface area contributed by atoms with Crippen LogP contribution in [0.15, 0.2) is 24.5 Å². The highest BCUT2D eigenvalue weighted by Gasteiger charge is 2.16. The maximum atomic E-state index is 6.14. The summed E-state index contributed by atoms with van der Waals surface area (Å²) in [5, 5.41) is 6.96. The molecule has 0 unspecified atom stereocenters. The lowest BCUT2D eigenvalue weighted by atomic mass is 10.1. The number of halogens is 1. The van der Waals surface area contributed by atoms with Gasteiger partial charge in [-0.1, -0.05) is 11.6 Å². The summed E-state index contributed by atoms with van der Waals surface area (Å²) >= 11 is 6.03. The van der Waals surface area contributed by atoms with Crippen LogP contribution in [0.25, 0.3) is 0 Å². The number of nitrogens with one attached hydrogen (secondary N) is 2. The Labute approximate surface area is 135 Å². The lowest BCUT2D eigenvalue weighted by molar-refractivity contribution is 0.417. The molecule has 1 heterocycles. The molecule has 0 aliphatic rings. The van der Waals surface area contributed by atoms with Gasteiger partial charge in [0.1, 0.15) is 17.8 Å². The molecule has 118 valence electrons. The number of hydrogen-bond donors (Lipinski definition) is 3. The van der Waals surface area contributed by atoms with Crippen molar-refractivity contribution in [2.24, 2.45) is 0 Å². The van der Waals surface area contributed by atoms with Gasteiger partial charge in [-0.15, -0.1) is 0 Å². The Morgan fingerprint density at radius 3 is 2.50 bits per heavy atom. The van der Waals surface area contributed by atoms with Gasteiger partial charge in [-0.25, -0.2) is 9.97 Å². The monoisotopic (exact) mass is 321 g/mol. The second-order valence-corrected chi connectivity index (χ2v) is 6.27. The predicted octanol–water partition coefficient (Wildman–Crippen LogP) is 3.67. The first-order valence-corrected chi connectivity index (χ1v) is 7.17. The first-order valence-electron chi connectivity index (χ1n) is 6.79. The minimum Gasteiger partial charge on any atom is -0.495 e. The van der Waals surface area contributed by atoms with Crippen LogP contribution in [0, 0.1) is 0 Å². The van der Waals surface area contributed by atoms with Crippen LogP contribution in [0.5, 0.6) is 5.75 Å². The molecule has 0 bridgehead atoms. The van der Waals surface area contributed by atoms with Crippen LogP contribution in [-0.4, -0.2) is 22.6 Å². The number of nitrogens with two attached hydrogens (primary N) is 1. The van der Waals surface area contributed by atoms with E-state index in [2.05, 4.69) is 20.6 Å². The van der Waals surface area contributed by atoms with Crippen LogP contribution >= 0.6 is 11.6 Å².